The predicted molar refractivity (Wildman–Crippen MR) is 102 cm³/mol. The quantitative estimate of drug-likeness (QED) is 0.714. The van der Waals surface area contributed by atoms with Crippen LogP contribution in [-0.4, -0.2) is 32.0 Å². The number of rotatable bonds is 3. The minimum Gasteiger partial charge on any atom is -0.309 e. The molecule has 6 heteroatoms. The van der Waals surface area contributed by atoms with Crippen LogP contribution in [0.3, 0.4) is 0 Å². The van der Waals surface area contributed by atoms with Gasteiger partial charge in [0.25, 0.3) is 0 Å². The number of hydrogen-bond donors (Lipinski definition) is 0. The molecule has 3 heterocycles. The van der Waals surface area contributed by atoms with Crippen molar-refractivity contribution in [3.63, 3.8) is 0 Å². The molecular weight excluding hydrogens is 344 g/mol. The Kier molecular flexibility index (Phi) is 3.43. The standard InChI is InChI=1S/C20H18N4OS/c1-26(25)15-6-9-21-17(10-15)14-11-22-19(23-12-14)24-13-20(7-8-20)16-4-2-3-5-18(16)24/h2-6,9-12H,7-8,13H2,1H3. The van der Waals surface area contributed by atoms with E-state index < -0.39 is 10.8 Å². The Morgan fingerprint density at radius 3 is 2.58 bits per heavy atom. The van der Waals surface area contributed by atoms with Crippen molar-refractivity contribution in [1.82, 2.24) is 15.0 Å². The highest BCUT2D eigenvalue weighted by Crippen LogP contribution is 2.57. The summed E-state index contributed by atoms with van der Waals surface area (Å²) in [4.78, 5) is 16.5. The molecule has 0 amide bonds. The summed E-state index contributed by atoms with van der Waals surface area (Å²) in [6, 6.07) is 12.2. The third kappa shape index (κ3) is 2.44. The van der Waals surface area contributed by atoms with Gasteiger partial charge in [0.2, 0.25) is 5.95 Å². The fraction of sp³-hybridized carbons (Fsp3) is 0.250. The molecule has 1 aliphatic carbocycles. The van der Waals surface area contributed by atoms with Gasteiger partial charge in [0.05, 0.1) is 5.69 Å². The van der Waals surface area contributed by atoms with Crippen molar-refractivity contribution < 1.29 is 4.21 Å². The van der Waals surface area contributed by atoms with Gasteiger partial charge in [0.1, 0.15) is 0 Å². The fourth-order valence-electron chi connectivity index (χ4n) is 3.73. The Bertz CT molecular complexity index is 1010. The van der Waals surface area contributed by atoms with Gasteiger partial charge >= 0.3 is 0 Å². The maximum absolute atomic E-state index is 11.7. The Labute approximate surface area is 154 Å². The molecule has 1 aromatic carbocycles. The first-order chi connectivity index (χ1) is 12.7. The summed E-state index contributed by atoms with van der Waals surface area (Å²) < 4.78 is 11.7. The smallest absolute Gasteiger partial charge is 0.229 e. The number of hydrogen-bond acceptors (Lipinski definition) is 5. The molecule has 1 unspecified atom stereocenters. The van der Waals surface area contributed by atoms with Gasteiger partial charge in [-0.05, 0) is 36.6 Å². The van der Waals surface area contributed by atoms with Crippen LogP contribution in [0.15, 0.2) is 59.9 Å². The van der Waals surface area contributed by atoms with Crippen LogP contribution in [-0.2, 0) is 16.2 Å². The lowest BCUT2D eigenvalue weighted by molar-refractivity contribution is 0.686. The first-order valence-electron chi connectivity index (χ1n) is 8.65. The molecule has 5 rings (SSSR count). The van der Waals surface area contributed by atoms with E-state index in [1.165, 1.54) is 24.1 Å². The molecule has 3 aromatic rings. The molecule has 1 spiro atoms. The van der Waals surface area contributed by atoms with Crippen molar-refractivity contribution in [2.24, 2.45) is 0 Å². The molecule has 0 bridgehead atoms. The average molecular weight is 362 g/mol. The minimum absolute atomic E-state index is 0.305. The summed E-state index contributed by atoms with van der Waals surface area (Å²) in [6.07, 6.45) is 9.42. The van der Waals surface area contributed by atoms with Crippen LogP contribution < -0.4 is 4.90 Å². The molecule has 0 radical (unpaired) electrons. The third-order valence-corrected chi connectivity index (χ3v) is 6.24. The van der Waals surface area contributed by atoms with Gasteiger partial charge < -0.3 is 4.90 Å². The van der Waals surface area contributed by atoms with Crippen molar-refractivity contribution in [3.8, 4) is 11.3 Å². The van der Waals surface area contributed by atoms with Crippen molar-refractivity contribution in [1.29, 1.82) is 0 Å². The Hall–Kier alpha value is -2.60. The normalized spacial score (nSPS) is 18.0. The molecule has 130 valence electrons. The van der Waals surface area contributed by atoms with Crippen LogP contribution in [0.5, 0.6) is 0 Å². The highest BCUT2D eigenvalue weighted by atomic mass is 32.2. The molecule has 1 aliphatic heterocycles. The van der Waals surface area contributed by atoms with E-state index in [0.717, 1.165) is 28.6 Å². The van der Waals surface area contributed by atoms with E-state index in [-0.39, 0.29) is 0 Å². The average Bonchev–Trinajstić information content (AvgIpc) is 3.39. The minimum atomic E-state index is -1.04. The highest BCUT2D eigenvalue weighted by molar-refractivity contribution is 7.84. The molecular formula is C20H18N4OS. The Morgan fingerprint density at radius 1 is 1.08 bits per heavy atom. The van der Waals surface area contributed by atoms with Crippen LogP contribution in [0.25, 0.3) is 11.3 Å². The van der Waals surface area contributed by atoms with E-state index >= 15 is 0 Å². The lowest BCUT2D eigenvalue weighted by atomic mass is 9.99. The number of anilines is 2. The van der Waals surface area contributed by atoms with Gasteiger partial charge in [-0.15, -0.1) is 0 Å². The van der Waals surface area contributed by atoms with Gasteiger partial charge in [0, 0.05) is 63.8 Å². The van der Waals surface area contributed by atoms with Crippen LogP contribution in [0.4, 0.5) is 11.6 Å². The zero-order valence-corrected chi connectivity index (χ0v) is 15.2. The summed E-state index contributed by atoms with van der Waals surface area (Å²) in [5.74, 6) is 0.722. The van der Waals surface area contributed by atoms with Gasteiger partial charge in [-0.2, -0.15) is 0 Å². The monoisotopic (exact) mass is 362 g/mol. The first kappa shape index (κ1) is 15.6. The lowest BCUT2D eigenvalue weighted by Gasteiger charge is -2.17. The second kappa shape index (κ2) is 5.71. The summed E-state index contributed by atoms with van der Waals surface area (Å²) in [7, 11) is -1.04. The number of benzene rings is 1. The van der Waals surface area contributed by atoms with Crippen LogP contribution in [0, 0.1) is 0 Å². The van der Waals surface area contributed by atoms with Crippen LogP contribution >= 0.6 is 0 Å². The van der Waals surface area contributed by atoms with E-state index in [4.69, 9.17) is 0 Å². The maximum Gasteiger partial charge on any atom is 0.229 e. The van der Waals surface area contributed by atoms with E-state index in [0.29, 0.717) is 5.41 Å². The van der Waals surface area contributed by atoms with Crippen molar-refractivity contribution in [3.05, 3.63) is 60.6 Å². The molecule has 0 N–H and O–H groups in total. The van der Waals surface area contributed by atoms with Gasteiger partial charge in [0.15, 0.2) is 0 Å². The van der Waals surface area contributed by atoms with Crippen LogP contribution in [0.2, 0.25) is 0 Å². The van der Waals surface area contributed by atoms with Gasteiger partial charge in [-0.3, -0.25) is 9.19 Å². The second-order valence-electron chi connectivity index (χ2n) is 6.99. The SMILES string of the molecule is CS(=O)c1ccnc(-c2cnc(N3CC4(CC4)c4ccccc43)nc2)c1. The summed E-state index contributed by atoms with van der Waals surface area (Å²) in [5.41, 5.74) is 4.52. The number of pyridine rings is 1. The number of para-hydroxylation sites is 1. The molecule has 2 aliphatic rings. The molecule has 5 nitrogen and oxygen atoms in total. The zero-order chi connectivity index (χ0) is 17.7. The predicted octanol–water partition coefficient (Wildman–Crippen LogP) is 3.46. The molecule has 0 saturated heterocycles. The number of aromatic nitrogens is 3. The molecule has 1 saturated carbocycles. The van der Waals surface area contributed by atoms with Crippen molar-refractivity contribution >= 4 is 22.4 Å². The molecule has 26 heavy (non-hydrogen) atoms. The van der Waals surface area contributed by atoms with E-state index in [2.05, 4.69) is 44.1 Å². The van der Waals surface area contributed by atoms with Crippen molar-refractivity contribution in [2.45, 2.75) is 23.2 Å². The van der Waals surface area contributed by atoms with E-state index in [1.54, 1.807) is 30.9 Å². The van der Waals surface area contributed by atoms with E-state index in [9.17, 15) is 4.21 Å². The summed E-state index contributed by atoms with van der Waals surface area (Å²) in [6.45, 7) is 0.953. The first-order valence-corrected chi connectivity index (χ1v) is 10.2. The van der Waals surface area contributed by atoms with Gasteiger partial charge in [-0.25, -0.2) is 9.97 Å². The zero-order valence-electron chi connectivity index (χ0n) is 14.4. The highest BCUT2D eigenvalue weighted by Gasteiger charge is 2.52. The fourth-order valence-corrected chi connectivity index (χ4v) is 4.26. The van der Waals surface area contributed by atoms with E-state index in [1.807, 2.05) is 6.07 Å². The molecule has 2 aromatic heterocycles. The Morgan fingerprint density at radius 2 is 1.85 bits per heavy atom. The largest absolute Gasteiger partial charge is 0.309 e. The number of fused-ring (bicyclic) bond motifs is 2. The number of nitrogens with zero attached hydrogens (tertiary/aromatic N) is 4. The summed E-state index contributed by atoms with van der Waals surface area (Å²) >= 11 is 0. The van der Waals surface area contributed by atoms with Gasteiger partial charge in [-0.1, -0.05) is 18.2 Å². The topological polar surface area (TPSA) is 59.0 Å². The Balaban J connectivity index is 1.48. The third-order valence-electron chi connectivity index (χ3n) is 5.32. The maximum atomic E-state index is 11.7. The lowest BCUT2D eigenvalue weighted by Crippen LogP contribution is -2.21. The summed E-state index contributed by atoms with van der Waals surface area (Å²) in [5, 5.41) is 0. The second-order valence-corrected chi connectivity index (χ2v) is 8.37. The molecule has 1 fully saturated rings. The van der Waals surface area contributed by atoms with Crippen molar-refractivity contribution in [2.75, 3.05) is 17.7 Å². The van der Waals surface area contributed by atoms with Crippen LogP contribution in [0.1, 0.15) is 18.4 Å². The molecule has 1 atom stereocenters.